The molecule has 0 saturated heterocycles. The van der Waals surface area contributed by atoms with E-state index in [9.17, 15) is 5.26 Å². The molecule has 4 heteroatoms. The molecule has 0 bridgehead atoms. The minimum atomic E-state index is -0.249. The lowest BCUT2D eigenvalue weighted by Gasteiger charge is -2.24. The van der Waals surface area contributed by atoms with Crippen molar-refractivity contribution in [2.45, 2.75) is 25.4 Å². The van der Waals surface area contributed by atoms with Crippen molar-refractivity contribution in [3.05, 3.63) is 215 Å². The second kappa shape index (κ2) is 13.7. The Morgan fingerprint density at radius 3 is 1.88 bits per heavy atom. The molecule has 1 atom stereocenters. The van der Waals surface area contributed by atoms with Crippen molar-refractivity contribution < 1.29 is 0 Å². The number of fused-ring (bicyclic) bond motifs is 4. The molecular formula is C53H38N4. The average molecular weight is 731 g/mol. The summed E-state index contributed by atoms with van der Waals surface area (Å²) in [6.45, 7) is 4.52. The molecule has 1 aliphatic heterocycles. The molecule has 0 fully saturated rings. The highest BCUT2D eigenvalue weighted by atomic mass is 15.2. The minimum Gasteiger partial charge on any atom is -0.344 e. The molecule has 1 heterocycles. The van der Waals surface area contributed by atoms with E-state index in [-0.39, 0.29) is 11.6 Å². The second-order valence-corrected chi connectivity index (χ2v) is 15.4. The summed E-state index contributed by atoms with van der Waals surface area (Å²) in [6, 6.07) is 66.6. The van der Waals surface area contributed by atoms with Crippen LogP contribution < -0.4 is 5.32 Å². The van der Waals surface area contributed by atoms with Crippen LogP contribution in [0.2, 0.25) is 0 Å². The number of nitriles is 1. The number of nitrogens with one attached hydrogen (secondary N) is 1. The van der Waals surface area contributed by atoms with Gasteiger partial charge in [-0.05, 0) is 90.2 Å². The fraction of sp³-hybridized carbons (Fsp3) is 0.0755. The SMILES string of the molecule is CC1(C)c2cc(C#N)ccc2-c2ccc(-c3ccc(-c4c(-c5ccc(C6=NC(c7ccccc7)=NC(c7ccccc7)N6)cc5)ccc5ccccc45)cc3)cc21. The molecule has 0 aromatic heterocycles. The molecule has 270 valence electrons. The van der Waals surface area contributed by atoms with Gasteiger partial charge in [-0.2, -0.15) is 5.26 Å². The largest absolute Gasteiger partial charge is 0.344 e. The van der Waals surface area contributed by atoms with Crippen molar-refractivity contribution in [3.63, 3.8) is 0 Å². The second-order valence-electron chi connectivity index (χ2n) is 15.4. The Morgan fingerprint density at radius 1 is 0.526 bits per heavy atom. The summed E-state index contributed by atoms with van der Waals surface area (Å²) >= 11 is 0. The first-order chi connectivity index (χ1) is 27.9. The lowest BCUT2D eigenvalue weighted by atomic mass is 9.81. The van der Waals surface area contributed by atoms with Crippen LogP contribution in [0.15, 0.2) is 192 Å². The van der Waals surface area contributed by atoms with Crippen LogP contribution in [0.4, 0.5) is 0 Å². The van der Waals surface area contributed by atoms with Gasteiger partial charge in [0.2, 0.25) is 0 Å². The summed E-state index contributed by atoms with van der Waals surface area (Å²) in [7, 11) is 0. The van der Waals surface area contributed by atoms with E-state index in [1.807, 2.05) is 42.5 Å². The van der Waals surface area contributed by atoms with Crippen molar-refractivity contribution in [1.29, 1.82) is 5.26 Å². The molecule has 1 aliphatic carbocycles. The van der Waals surface area contributed by atoms with Gasteiger partial charge in [0.25, 0.3) is 0 Å². The summed E-state index contributed by atoms with van der Waals surface area (Å²) in [4.78, 5) is 10.0. The van der Waals surface area contributed by atoms with Crippen molar-refractivity contribution in [3.8, 4) is 50.6 Å². The van der Waals surface area contributed by atoms with Gasteiger partial charge in [0.15, 0.2) is 5.84 Å². The lowest BCUT2D eigenvalue weighted by molar-refractivity contribution is 0.660. The number of aliphatic imine (C=N–C) groups is 2. The monoisotopic (exact) mass is 730 g/mol. The van der Waals surface area contributed by atoms with Crippen molar-refractivity contribution in [1.82, 2.24) is 5.32 Å². The molecule has 8 aromatic carbocycles. The van der Waals surface area contributed by atoms with Gasteiger partial charge in [0, 0.05) is 16.5 Å². The van der Waals surface area contributed by atoms with E-state index in [4.69, 9.17) is 9.98 Å². The smallest absolute Gasteiger partial charge is 0.159 e. The van der Waals surface area contributed by atoms with Gasteiger partial charge in [-0.15, -0.1) is 0 Å². The fourth-order valence-electron chi connectivity index (χ4n) is 8.57. The normalized spacial score (nSPS) is 15.1. The summed E-state index contributed by atoms with van der Waals surface area (Å²) < 4.78 is 0. The van der Waals surface area contributed by atoms with Crippen LogP contribution in [0.3, 0.4) is 0 Å². The highest BCUT2D eigenvalue weighted by molar-refractivity contribution is 6.13. The molecule has 1 N–H and O–H groups in total. The van der Waals surface area contributed by atoms with Gasteiger partial charge >= 0.3 is 0 Å². The number of amidine groups is 2. The van der Waals surface area contributed by atoms with Gasteiger partial charge < -0.3 is 5.32 Å². The third-order valence-electron chi connectivity index (χ3n) is 11.6. The maximum Gasteiger partial charge on any atom is 0.159 e. The highest BCUT2D eigenvalue weighted by Gasteiger charge is 2.36. The quantitative estimate of drug-likeness (QED) is 0.185. The first-order valence-electron chi connectivity index (χ1n) is 19.4. The molecular weight excluding hydrogens is 693 g/mol. The maximum atomic E-state index is 9.58. The van der Waals surface area contributed by atoms with Crippen LogP contribution in [-0.2, 0) is 5.41 Å². The third-order valence-corrected chi connectivity index (χ3v) is 11.6. The molecule has 1 unspecified atom stereocenters. The molecule has 0 saturated carbocycles. The Bertz CT molecular complexity index is 2930. The Kier molecular flexibility index (Phi) is 8.24. The zero-order valence-electron chi connectivity index (χ0n) is 31.7. The van der Waals surface area contributed by atoms with Crippen LogP contribution in [0.25, 0.3) is 55.3 Å². The number of nitrogens with zero attached hydrogens (tertiary/aromatic N) is 3. The van der Waals surface area contributed by atoms with Gasteiger partial charge in [0.1, 0.15) is 12.0 Å². The molecule has 0 spiro atoms. The predicted molar refractivity (Wildman–Crippen MR) is 234 cm³/mol. The maximum absolute atomic E-state index is 9.58. The Balaban J connectivity index is 0.997. The van der Waals surface area contributed by atoms with E-state index in [2.05, 4.69) is 165 Å². The van der Waals surface area contributed by atoms with Gasteiger partial charge in [-0.25, -0.2) is 9.98 Å². The number of hydrogen-bond acceptors (Lipinski definition) is 4. The van der Waals surface area contributed by atoms with Gasteiger partial charge in [0.05, 0.1) is 11.6 Å². The number of hydrogen-bond donors (Lipinski definition) is 1. The molecule has 4 nitrogen and oxygen atoms in total. The number of rotatable bonds is 6. The molecule has 0 amide bonds. The molecule has 8 aromatic rings. The van der Waals surface area contributed by atoms with Crippen LogP contribution in [0.1, 0.15) is 53.4 Å². The van der Waals surface area contributed by atoms with E-state index in [0.717, 1.165) is 28.1 Å². The van der Waals surface area contributed by atoms with Crippen LogP contribution in [-0.4, -0.2) is 11.7 Å². The lowest BCUT2D eigenvalue weighted by Crippen LogP contribution is -2.33. The van der Waals surface area contributed by atoms with E-state index < -0.39 is 0 Å². The Hall–Kier alpha value is -7.35. The zero-order chi connectivity index (χ0) is 38.5. The summed E-state index contributed by atoms with van der Waals surface area (Å²) in [5.41, 5.74) is 15.6. The predicted octanol–water partition coefficient (Wildman–Crippen LogP) is 12.5. The van der Waals surface area contributed by atoms with Gasteiger partial charge in [-0.3, -0.25) is 0 Å². The molecule has 0 radical (unpaired) electrons. The fourth-order valence-corrected chi connectivity index (χ4v) is 8.57. The highest BCUT2D eigenvalue weighted by Crippen LogP contribution is 2.50. The van der Waals surface area contributed by atoms with Crippen LogP contribution >= 0.6 is 0 Å². The topological polar surface area (TPSA) is 60.5 Å². The zero-order valence-corrected chi connectivity index (χ0v) is 31.7. The van der Waals surface area contributed by atoms with E-state index >= 15 is 0 Å². The molecule has 57 heavy (non-hydrogen) atoms. The van der Waals surface area contributed by atoms with Crippen LogP contribution in [0.5, 0.6) is 0 Å². The first kappa shape index (κ1) is 34.2. The van der Waals surface area contributed by atoms with Crippen molar-refractivity contribution in [2.75, 3.05) is 0 Å². The molecule has 2 aliphatic rings. The first-order valence-corrected chi connectivity index (χ1v) is 19.4. The molecule has 10 rings (SSSR count). The summed E-state index contributed by atoms with van der Waals surface area (Å²) in [5, 5.41) is 15.6. The minimum absolute atomic E-state index is 0.193. The standard InChI is InChI=1S/C53H38N4/c1-53(2)47-31-34(33-54)17-28-45(47)46-30-27-42(32-48(46)53)35-18-22-38(23-19-35)49-43-16-10-9-11-36(43)26-29-44(49)37-20-24-41(25-21-37)52-56-50(39-12-5-3-6-13-39)55-51(57-52)40-14-7-4-8-15-40/h3-32,50H,1-2H3,(H,55,56,57). The van der Waals surface area contributed by atoms with Crippen molar-refractivity contribution >= 4 is 22.4 Å². The van der Waals surface area contributed by atoms with E-state index in [1.54, 1.807) is 0 Å². The summed E-state index contributed by atoms with van der Waals surface area (Å²) in [6.07, 6.45) is -0.249. The summed E-state index contributed by atoms with van der Waals surface area (Å²) in [5.74, 6) is 1.51. The van der Waals surface area contributed by atoms with Gasteiger partial charge in [-0.1, -0.05) is 178 Å². The number of benzene rings is 8. The average Bonchev–Trinajstić information content (AvgIpc) is 3.51. The third kappa shape index (κ3) is 6.02. The Labute approximate surface area is 333 Å². The van der Waals surface area contributed by atoms with E-state index in [1.165, 1.54) is 60.8 Å². The van der Waals surface area contributed by atoms with Crippen molar-refractivity contribution in [2.24, 2.45) is 9.98 Å². The van der Waals surface area contributed by atoms with Crippen LogP contribution in [0, 0.1) is 11.3 Å². The Morgan fingerprint density at radius 2 is 1.12 bits per heavy atom. The van der Waals surface area contributed by atoms with E-state index in [0.29, 0.717) is 11.4 Å².